The molecule has 32 heavy (non-hydrogen) atoms. The number of aromatic nitrogens is 1. The molecule has 172 valence electrons. The third-order valence-electron chi connectivity index (χ3n) is 5.12. The molecule has 2 saturated heterocycles. The number of alkyl halides is 3. The van der Waals surface area contributed by atoms with Crippen molar-refractivity contribution in [3.05, 3.63) is 60.3 Å². The quantitative estimate of drug-likeness (QED) is 0.767. The molecule has 0 bridgehead atoms. The van der Waals surface area contributed by atoms with Gasteiger partial charge in [0.2, 0.25) is 11.8 Å². The molecule has 2 aliphatic heterocycles. The standard InChI is InChI=1S/C20H22N2O3.C2HF3O2/c23-19(12-16-6-2-1-3-7-16)22-14-20(15-22)13-17(9-11-24-20)25-18-8-4-5-10-21-18;3-2(4,5)1(6)7/h1-8,10,17H,9,11-15H2;(H,6,7). The maximum absolute atomic E-state index is 12.4. The minimum atomic E-state index is -5.08. The molecule has 1 amide bonds. The van der Waals surface area contributed by atoms with Gasteiger partial charge >= 0.3 is 12.1 Å². The smallest absolute Gasteiger partial charge is 0.475 e. The molecule has 1 aromatic heterocycles. The highest BCUT2D eigenvalue weighted by atomic mass is 19.4. The Balaban J connectivity index is 0.000000360. The van der Waals surface area contributed by atoms with Crippen LogP contribution in [-0.4, -0.2) is 64.4 Å². The summed E-state index contributed by atoms with van der Waals surface area (Å²) in [5, 5.41) is 7.12. The van der Waals surface area contributed by atoms with Crippen LogP contribution in [0, 0.1) is 0 Å². The zero-order valence-corrected chi connectivity index (χ0v) is 17.1. The number of carboxylic acids is 1. The number of rotatable bonds is 4. The zero-order chi connectivity index (χ0) is 23.2. The third kappa shape index (κ3) is 6.43. The van der Waals surface area contributed by atoms with Gasteiger partial charge in [0.05, 0.1) is 26.1 Å². The molecule has 1 atom stereocenters. The number of benzene rings is 1. The van der Waals surface area contributed by atoms with Crippen LogP contribution in [-0.2, 0) is 20.7 Å². The number of carbonyl (C=O) groups is 2. The average Bonchev–Trinajstić information content (AvgIpc) is 2.73. The van der Waals surface area contributed by atoms with Gasteiger partial charge in [-0.1, -0.05) is 36.4 Å². The molecule has 3 heterocycles. The lowest BCUT2D eigenvalue weighted by atomic mass is 9.84. The Morgan fingerprint density at radius 1 is 1.16 bits per heavy atom. The Kier molecular flexibility index (Phi) is 7.34. The lowest BCUT2D eigenvalue weighted by Crippen LogP contribution is -2.67. The molecule has 4 rings (SSSR count). The maximum Gasteiger partial charge on any atom is 0.490 e. The van der Waals surface area contributed by atoms with E-state index < -0.39 is 12.1 Å². The fraction of sp³-hybridized carbons (Fsp3) is 0.409. The molecular formula is C22H23F3N2O5. The summed E-state index contributed by atoms with van der Waals surface area (Å²) in [4.78, 5) is 27.4. The van der Waals surface area contributed by atoms with Crippen molar-refractivity contribution < 1.29 is 37.3 Å². The van der Waals surface area contributed by atoms with Crippen LogP contribution in [0.5, 0.6) is 5.88 Å². The van der Waals surface area contributed by atoms with Crippen LogP contribution >= 0.6 is 0 Å². The van der Waals surface area contributed by atoms with Gasteiger partial charge in [0.25, 0.3) is 0 Å². The van der Waals surface area contributed by atoms with Gasteiger partial charge in [0.15, 0.2) is 0 Å². The summed E-state index contributed by atoms with van der Waals surface area (Å²) in [6, 6.07) is 15.5. The molecule has 0 radical (unpaired) electrons. The number of carbonyl (C=O) groups excluding carboxylic acids is 1. The van der Waals surface area contributed by atoms with Crippen molar-refractivity contribution in [1.82, 2.24) is 9.88 Å². The Labute approximate surface area is 182 Å². The molecule has 0 aliphatic carbocycles. The second-order valence-electron chi connectivity index (χ2n) is 7.65. The van der Waals surface area contributed by atoms with E-state index in [4.69, 9.17) is 19.4 Å². The van der Waals surface area contributed by atoms with Crippen molar-refractivity contribution in [2.45, 2.75) is 37.1 Å². The predicted octanol–water partition coefficient (Wildman–Crippen LogP) is 3.10. The van der Waals surface area contributed by atoms with E-state index in [1.165, 1.54) is 0 Å². The lowest BCUT2D eigenvalue weighted by Gasteiger charge is -2.52. The number of nitrogens with zero attached hydrogens (tertiary/aromatic N) is 2. The first-order valence-electron chi connectivity index (χ1n) is 10.0. The molecule has 2 aromatic rings. The SMILES string of the molecule is O=C(Cc1ccccc1)N1CC2(CC(Oc3ccccn3)CCO2)C1.O=C(O)C(F)(F)F. The van der Waals surface area contributed by atoms with Crippen LogP contribution in [0.15, 0.2) is 54.7 Å². The third-order valence-corrected chi connectivity index (χ3v) is 5.12. The Bertz CT molecular complexity index is 903. The van der Waals surface area contributed by atoms with Gasteiger partial charge in [-0.15, -0.1) is 0 Å². The fourth-order valence-corrected chi connectivity index (χ4v) is 3.60. The number of carboxylic acid groups (broad SMARTS) is 1. The van der Waals surface area contributed by atoms with Crippen LogP contribution in [0.25, 0.3) is 0 Å². The maximum atomic E-state index is 12.4. The molecule has 2 fully saturated rings. The lowest BCUT2D eigenvalue weighted by molar-refractivity contribution is -0.193. The Morgan fingerprint density at radius 3 is 2.41 bits per heavy atom. The van der Waals surface area contributed by atoms with Gasteiger partial charge in [0, 0.05) is 25.1 Å². The molecule has 1 unspecified atom stereocenters. The monoisotopic (exact) mass is 452 g/mol. The summed E-state index contributed by atoms with van der Waals surface area (Å²) in [6.07, 6.45) is -1.15. The summed E-state index contributed by atoms with van der Waals surface area (Å²) < 4.78 is 43.7. The molecule has 1 spiro atoms. The minimum Gasteiger partial charge on any atom is -0.475 e. The van der Waals surface area contributed by atoms with Crippen LogP contribution in [0.3, 0.4) is 0 Å². The summed E-state index contributed by atoms with van der Waals surface area (Å²) in [5.41, 5.74) is 0.804. The summed E-state index contributed by atoms with van der Waals surface area (Å²) in [6.45, 7) is 1.97. The van der Waals surface area contributed by atoms with Crippen molar-refractivity contribution in [2.75, 3.05) is 19.7 Å². The number of ether oxygens (including phenoxy) is 2. The van der Waals surface area contributed by atoms with Gasteiger partial charge < -0.3 is 19.5 Å². The van der Waals surface area contributed by atoms with E-state index in [0.717, 1.165) is 18.4 Å². The average molecular weight is 452 g/mol. The highest BCUT2D eigenvalue weighted by Gasteiger charge is 2.49. The highest BCUT2D eigenvalue weighted by molar-refractivity contribution is 5.80. The van der Waals surface area contributed by atoms with Crippen LogP contribution < -0.4 is 4.74 Å². The highest BCUT2D eigenvalue weighted by Crippen LogP contribution is 2.35. The topological polar surface area (TPSA) is 89.0 Å². The number of amides is 1. The van der Waals surface area contributed by atoms with Crippen LogP contribution in [0.4, 0.5) is 13.2 Å². The van der Waals surface area contributed by atoms with Crippen molar-refractivity contribution in [3.8, 4) is 5.88 Å². The van der Waals surface area contributed by atoms with Gasteiger partial charge in [-0.2, -0.15) is 13.2 Å². The van der Waals surface area contributed by atoms with Gasteiger partial charge in [0.1, 0.15) is 11.7 Å². The number of hydrogen-bond acceptors (Lipinski definition) is 5. The summed E-state index contributed by atoms with van der Waals surface area (Å²) in [7, 11) is 0. The minimum absolute atomic E-state index is 0.0926. The van der Waals surface area contributed by atoms with Gasteiger partial charge in [-0.3, -0.25) is 4.79 Å². The predicted molar refractivity (Wildman–Crippen MR) is 107 cm³/mol. The summed E-state index contributed by atoms with van der Waals surface area (Å²) >= 11 is 0. The number of hydrogen-bond donors (Lipinski definition) is 1. The molecular weight excluding hydrogens is 429 g/mol. The summed E-state index contributed by atoms with van der Waals surface area (Å²) in [5.74, 6) is -1.94. The zero-order valence-electron chi connectivity index (χ0n) is 17.1. The Hall–Kier alpha value is -3.14. The van der Waals surface area contributed by atoms with Crippen molar-refractivity contribution >= 4 is 11.9 Å². The van der Waals surface area contributed by atoms with E-state index in [-0.39, 0.29) is 17.6 Å². The van der Waals surface area contributed by atoms with Crippen molar-refractivity contribution in [1.29, 1.82) is 0 Å². The Morgan fingerprint density at radius 2 is 1.81 bits per heavy atom. The second kappa shape index (κ2) is 9.99. The normalized spacial score (nSPS) is 19.3. The molecule has 1 N–H and O–H groups in total. The number of likely N-dealkylation sites (tertiary alicyclic amines) is 1. The number of halogens is 3. The van der Waals surface area contributed by atoms with Crippen molar-refractivity contribution in [2.24, 2.45) is 0 Å². The van der Waals surface area contributed by atoms with E-state index in [9.17, 15) is 18.0 Å². The van der Waals surface area contributed by atoms with E-state index >= 15 is 0 Å². The van der Waals surface area contributed by atoms with Crippen molar-refractivity contribution in [3.63, 3.8) is 0 Å². The molecule has 0 saturated carbocycles. The van der Waals surface area contributed by atoms with Gasteiger partial charge in [-0.25, -0.2) is 9.78 Å². The number of pyridine rings is 1. The van der Waals surface area contributed by atoms with E-state index in [1.807, 2.05) is 53.4 Å². The molecule has 10 heteroatoms. The second-order valence-corrected chi connectivity index (χ2v) is 7.65. The first-order chi connectivity index (χ1) is 15.2. The molecule has 1 aromatic carbocycles. The van der Waals surface area contributed by atoms with E-state index in [0.29, 0.717) is 32.0 Å². The largest absolute Gasteiger partial charge is 0.490 e. The molecule has 2 aliphatic rings. The van der Waals surface area contributed by atoms with E-state index in [1.54, 1.807) is 6.20 Å². The van der Waals surface area contributed by atoms with E-state index in [2.05, 4.69) is 4.98 Å². The fourth-order valence-electron chi connectivity index (χ4n) is 3.60. The molecule has 7 nitrogen and oxygen atoms in total. The first-order valence-corrected chi connectivity index (χ1v) is 10.0. The van der Waals surface area contributed by atoms with Crippen LogP contribution in [0.1, 0.15) is 18.4 Å². The van der Waals surface area contributed by atoms with Gasteiger partial charge in [-0.05, 0) is 11.6 Å². The number of aliphatic carboxylic acids is 1. The first kappa shape index (κ1) is 23.5. The van der Waals surface area contributed by atoms with Crippen LogP contribution in [0.2, 0.25) is 0 Å².